The molecular weight excluding hydrogens is 417 g/mol. The van der Waals surface area contributed by atoms with Crippen LogP contribution in [0.5, 0.6) is 0 Å². The summed E-state index contributed by atoms with van der Waals surface area (Å²) in [7, 11) is 0. The highest BCUT2D eigenvalue weighted by atomic mass is 35.5. The third-order valence-corrected chi connectivity index (χ3v) is 5.10. The summed E-state index contributed by atoms with van der Waals surface area (Å²) < 4.78 is 43.3. The van der Waals surface area contributed by atoms with Crippen LogP contribution in [0.2, 0.25) is 5.02 Å². The number of pyridine rings is 1. The first kappa shape index (κ1) is 20.2. The van der Waals surface area contributed by atoms with Gasteiger partial charge in [0.2, 0.25) is 5.91 Å². The molecule has 0 fully saturated rings. The molecule has 0 radical (unpaired) electrons. The van der Waals surface area contributed by atoms with Crippen molar-refractivity contribution in [1.29, 1.82) is 0 Å². The topological polar surface area (TPSA) is 72.2 Å². The smallest absolute Gasteiger partial charge is 0.417 e. The Morgan fingerprint density at radius 3 is 2.68 bits per heavy atom. The van der Waals surface area contributed by atoms with Crippen molar-refractivity contribution in [2.24, 2.45) is 0 Å². The van der Waals surface area contributed by atoms with Crippen LogP contribution in [0.25, 0.3) is 11.0 Å². The largest absolute Gasteiger partial charge is 0.423 e. The maximum atomic E-state index is 12.7. The number of rotatable bonds is 4. The van der Waals surface area contributed by atoms with Gasteiger partial charge in [-0.05, 0) is 23.8 Å². The van der Waals surface area contributed by atoms with Crippen LogP contribution in [-0.2, 0) is 16.7 Å². The molecule has 146 valence electrons. The van der Waals surface area contributed by atoms with E-state index in [1.165, 1.54) is 19.1 Å². The molecule has 0 aliphatic carbocycles. The molecule has 10 heteroatoms. The highest BCUT2D eigenvalue weighted by molar-refractivity contribution is 7.98. The van der Waals surface area contributed by atoms with Crippen molar-refractivity contribution in [3.05, 3.63) is 63.1 Å². The van der Waals surface area contributed by atoms with Gasteiger partial charge in [0.15, 0.2) is 0 Å². The summed E-state index contributed by atoms with van der Waals surface area (Å²) in [6.07, 6.45) is -3.81. The van der Waals surface area contributed by atoms with E-state index in [-0.39, 0.29) is 27.3 Å². The standard InChI is InChI=1S/C18H12ClF3N2O3S/c1-9(25)24-12-2-3-13-10(4-16(26)27-15(13)6-12)8-28-17-14(19)5-11(7-23-17)18(20,21)22/h2-7H,8H2,1H3,(H,24,25). The lowest BCUT2D eigenvalue weighted by Gasteiger charge is -2.10. The lowest BCUT2D eigenvalue weighted by molar-refractivity contribution is -0.137. The van der Waals surface area contributed by atoms with Crippen LogP contribution in [-0.4, -0.2) is 10.9 Å². The van der Waals surface area contributed by atoms with E-state index in [4.69, 9.17) is 16.0 Å². The Balaban J connectivity index is 1.88. The molecule has 3 aromatic rings. The molecule has 0 bridgehead atoms. The lowest BCUT2D eigenvalue weighted by atomic mass is 10.1. The normalized spacial score (nSPS) is 11.6. The molecule has 0 aliphatic heterocycles. The van der Waals surface area contributed by atoms with Crippen molar-refractivity contribution in [2.75, 3.05) is 5.32 Å². The SMILES string of the molecule is CC(=O)Nc1ccc2c(CSc3ncc(C(F)(F)F)cc3Cl)cc(=O)oc2c1. The maximum absolute atomic E-state index is 12.7. The molecule has 0 saturated carbocycles. The first-order valence-electron chi connectivity index (χ1n) is 7.83. The van der Waals surface area contributed by atoms with Crippen LogP contribution >= 0.6 is 23.4 Å². The number of fused-ring (bicyclic) bond motifs is 1. The molecule has 0 atom stereocenters. The molecule has 0 aliphatic rings. The number of amides is 1. The number of carbonyl (C=O) groups excluding carboxylic acids is 1. The second kappa shape index (κ2) is 7.84. The van der Waals surface area contributed by atoms with Crippen molar-refractivity contribution >= 4 is 45.9 Å². The van der Waals surface area contributed by atoms with Gasteiger partial charge in [0.1, 0.15) is 10.6 Å². The van der Waals surface area contributed by atoms with Crippen LogP contribution in [0.15, 0.2) is 50.8 Å². The number of aromatic nitrogens is 1. The van der Waals surface area contributed by atoms with E-state index in [0.717, 1.165) is 17.8 Å². The number of carbonyl (C=O) groups is 1. The van der Waals surface area contributed by atoms with Crippen LogP contribution < -0.4 is 10.9 Å². The highest BCUT2D eigenvalue weighted by Crippen LogP contribution is 2.35. The Kier molecular flexibility index (Phi) is 5.66. The molecular formula is C18H12ClF3N2O3S. The van der Waals surface area contributed by atoms with Crippen LogP contribution in [0, 0.1) is 0 Å². The minimum Gasteiger partial charge on any atom is -0.423 e. The Hall–Kier alpha value is -2.52. The summed E-state index contributed by atoms with van der Waals surface area (Å²) in [6.45, 7) is 1.36. The predicted molar refractivity (Wildman–Crippen MR) is 101 cm³/mol. The maximum Gasteiger partial charge on any atom is 0.417 e. The van der Waals surface area contributed by atoms with Gasteiger partial charge >= 0.3 is 11.8 Å². The minimum absolute atomic E-state index is 0.125. The summed E-state index contributed by atoms with van der Waals surface area (Å²) in [4.78, 5) is 26.8. The van der Waals surface area contributed by atoms with Crippen molar-refractivity contribution in [1.82, 2.24) is 4.98 Å². The summed E-state index contributed by atoms with van der Waals surface area (Å²) >= 11 is 7.01. The van der Waals surface area contributed by atoms with E-state index in [9.17, 15) is 22.8 Å². The monoisotopic (exact) mass is 428 g/mol. The second-order valence-electron chi connectivity index (χ2n) is 5.78. The number of hydrogen-bond donors (Lipinski definition) is 1. The van der Waals surface area contributed by atoms with E-state index in [2.05, 4.69) is 10.3 Å². The van der Waals surface area contributed by atoms with Gasteiger partial charge in [-0.3, -0.25) is 4.79 Å². The second-order valence-corrected chi connectivity index (χ2v) is 7.15. The molecule has 2 aromatic heterocycles. The number of anilines is 1. The molecule has 1 N–H and O–H groups in total. The first-order chi connectivity index (χ1) is 13.1. The highest BCUT2D eigenvalue weighted by Gasteiger charge is 2.31. The van der Waals surface area contributed by atoms with E-state index in [1.54, 1.807) is 12.1 Å². The van der Waals surface area contributed by atoms with E-state index in [1.807, 2.05) is 0 Å². The molecule has 1 amide bonds. The van der Waals surface area contributed by atoms with Gasteiger partial charge in [-0.15, -0.1) is 11.8 Å². The van der Waals surface area contributed by atoms with Gasteiger partial charge in [0, 0.05) is 42.1 Å². The van der Waals surface area contributed by atoms with Crippen LogP contribution in [0.4, 0.5) is 18.9 Å². The lowest BCUT2D eigenvalue weighted by Crippen LogP contribution is -2.06. The Bertz CT molecular complexity index is 1120. The van der Waals surface area contributed by atoms with E-state index < -0.39 is 17.4 Å². The zero-order valence-electron chi connectivity index (χ0n) is 14.3. The molecule has 1 aromatic carbocycles. The van der Waals surface area contributed by atoms with Gasteiger partial charge < -0.3 is 9.73 Å². The molecule has 0 unspecified atom stereocenters. The minimum atomic E-state index is -4.53. The Morgan fingerprint density at radius 1 is 1.29 bits per heavy atom. The van der Waals surface area contributed by atoms with Crippen LogP contribution in [0.1, 0.15) is 18.1 Å². The van der Waals surface area contributed by atoms with Crippen molar-refractivity contribution in [3.63, 3.8) is 0 Å². The molecule has 0 spiro atoms. The number of alkyl halides is 3. The number of nitrogens with one attached hydrogen (secondary N) is 1. The van der Waals surface area contributed by atoms with Gasteiger partial charge in [0.25, 0.3) is 0 Å². The molecule has 2 heterocycles. The average molecular weight is 429 g/mol. The van der Waals surface area contributed by atoms with Crippen molar-refractivity contribution in [2.45, 2.75) is 23.9 Å². The number of benzene rings is 1. The third-order valence-electron chi connectivity index (χ3n) is 3.65. The first-order valence-corrected chi connectivity index (χ1v) is 9.20. The van der Waals surface area contributed by atoms with Crippen molar-refractivity contribution in [3.8, 4) is 0 Å². The van der Waals surface area contributed by atoms with Gasteiger partial charge in [-0.25, -0.2) is 9.78 Å². The predicted octanol–water partition coefficient (Wildman–Crippen LogP) is 5.11. The third kappa shape index (κ3) is 4.66. The average Bonchev–Trinajstić information content (AvgIpc) is 2.58. The van der Waals surface area contributed by atoms with Crippen molar-refractivity contribution < 1.29 is 22.4 Å². The number of halogens is 4. The van der Waals surface area contributed by atoms with Gasteiger partial charge in [-0.1, -0.05) is 11.6 Å². The quantitative estimate of drug-likeness (QED) is 0.461. The van der Waals surface area contributed by atoms with E-state index in [0.29, 0.717) is 22.8 Å². The summed E-state index contributed by atoms with van der Waals surface area (Å²) in [5.74, 6) is -0.0314. The number of hydrogen-bond acceptors (Lipinski definition) is 5. The zero-order chi connectivity index (χ0) is 20.5. The summed E-state index contributed by atoms with van der Waals surface area (Å²) in [6, 6.07) is 6.97. The molecule has 0 saturated heterocycles. The summed E-state index contributed by atoms with van der Waals surface area (Å²) in [5.41, 5.74) is -0.169. The molecule has 28 heavy (non-hydrogen) atoms. The van der Waals surface area contributed by atoms with Gasteiger partial charge in [0.05, 0.1) is 10.6 Å². The Morgan fingerprint density at radius 2 is 2.04 bits per heavy atom. The fraction of sp³-hybridized carbons (Fsp3) is 0.167. The number of nitrogens with zero attached hydrogens (tertiary/aromatic N) is 1. The fourth-order valence-corrected chi connectivity index (χ4v) is 3.65. The zero-order valence-corrected chi connectivity index (χ0v) is 15.8. The van der Waals surface area contributed by atoms with Crippen LogP contribution in [0.3, 0.4) is 0 Å². The van der Waals surface area contributed by atoms with Gasteiger partial charge in [-0.2, -0.15) is 13.2 Å². The molecule has 5 nitrogen and oxygen atoms in total. The number of thioether (sulfide) groups is 1. The Labute approximate surface area is 165 Å². The van der Waals surface area contributed by atoms with E-state index >= 15 is 0 Å². The fourth-order valence-electron chi connectivity index (χ4n) is 2.46. The molecule has 3 rings (SSSR count). The summed E-state index contributed by atoms with van der Waals surface area (Å²) in [5, 5.41) is 3.31.